The van der Waals surface area contributed by atoms with Crippen LogP contribution in [0.15, 0.2) is 65.9 Å². The lowest BCUT2D eigenvalue weighted by Crippen LogP contribution is -2.23. The molecule has 0 fully saturated rings. The number of aryl methyl sites for hydroxylation is 1. The zero-order valence-electron chi connectivity index (χ0n) is 15.4. The van der Waals surface area contributed by atoms with Crippen molar-refractivity contribution < 1.29 is 4.79 Å². The predicted molar refractivity (Wildman–Crippen MR) is 106 cm³/mol. The number of aldehydes is 1. The molecule has 0 unspecified atom stereocenters. The van der Waals surface area contributed by atoms with Crippen LogP contribution in [-0.4, -0.2) is 34.1 Å². The molecule has 0 aliphatic carbocycles. The number of aromatic nitrogens is 3. The summed E-state index contributed by atoms with van der Waals surface area (Å²) in [6.07, 6.45) is 8.30. The summed E-state index contributed by atoms with van der Waals surface area (Å²) in [5, 5.41) is 10.9. The van der Waals surface area contributed by atoms with Crippen LogP contribution in [0.3, 0.4) is 0 Å². The van der Waals surface area contributed by atoms with Gasteiger partial charge < -0.3 is 10.6 Å². The van der Waals surface area contributed by atoms with Gasteiger partial charge in [0, 0.05) is 31.4 Å². The molecule has 136 valence electrons. The number of allylic oxidation sites excluding steroid dienone is 4. The molecule has 2 N–H and O–H groups in total. The summed E-state index contributed by atoms with van der Waals surface area (Å²) in [4.78, 5) is 15.5. The van der Waals surface area contributed by atoms with Gasteiger partial charge in [-0.15, -0.1) is 5.10 Å². The second kappa shape index (κ2) is 10.1. The first kappa shape index (κ1) is 19.3. The Bertz CT molecular complexity index is 803. The molecule has 0 saturated carbocycles. The summed E-state index contributed by atoms with van der Waals surface area (Å²) < 4.78 is 1.66. The van der Waals surface area contributed by atoms with Crippen LogP contribution in [0.25, 0.3) is 11.4 Å². The van der Waals surface area contributed by atoms with Crippen molar-refractivity contribution in [3.8, 4) is 11.4 Å². The standard InChI is InChI=1S/C20H25N5O/c1-4-5-9-16(2)14-21-15-18(12-13-26)22-20-23-19(24-25(20)3)17-10-7-6-8-11-17/h4-13,21H,14-15H2,1-3H3,(H,22,23,24)/b5-4-,16-9-,18-12-. The fourth-order valence-electron chi connectivity index (χ4n) is 2.29. The normalized spacial score (nSPS) is 12.6. The summed E-state index contributed by atoms with van der Waals surface area (Å²) in [5.41, 5.74) is 2.88. The Kier molecular flexibility index (Phi) is 7.51. The molecular weight excluding hydrogens is 326 g/mol. The molecule has 0 atom stereocenters. The summed E-state index contributed by atoms with van der Waals surface area (Å²) >= 11 is 0. The Morgan fingerprint density at radius 3 is 2.65 bits per heavy atom. The first-order valence-electron chi connectivity index (χ1n) is 8.51. The van der Waals surface area contributed by atoms with Gasteiger partial charge in [0.25, 0.3) is 0 Å². The average Bonchev–Trinajstić information content (AvgIpc) is 3.01. The number of carbonyl (C=O) groups is 1. The van der Waals surface area contributed by atoms with Gasteiger partial charge in [0.1, 0.15) is 6.29 Å². The molecule has 6 nitrogen and oxygen atoms in total. The molecule has 0 bridgehead atoms. The van der Waals surface area contributed by atoms with E-state index in [9.17, 15) is 4.79 Å². The minimum Gasteiger partial charge on any atom is -0.327 e. The highest BCUT2D eigenvalue weighted by Crippen LogP contribution is 2.17. The van der Waals surface area contributed by atoms with E-state index in [1.54, 1.807) is 4.68 Å². The van der Waals surface area contributed by atoms with Crippen LogP contribution in [0, 0.1) is 0 Å². The quantitative estimate of drug-likeness (QED) is 0.413. The molecule has 26 heavy (non-hydrogen) atoms. The van der Waals surface area contributed by atoms with Crippen molar-refractivity contribution in [2.45, 2.75) is 13.8 Å². The lowest BCUT2D eigenvalue weighted by atomic mass is 10.2. The van der Waals surface area contributed by atoms with E-state index in [1.165, 1.54) is 11.6 Å². The highest BCUT2D eigenvalue weighted by molar-refractivity contribution is 5.68. The number of rotatable bonds is 9. The SMILES string of the molecule is C/C=C\C=C(\C)CNC/C(=C/C=O)Nc1nc(-c2ccccc2)nn1C. The van der Waals surface area contributed by atoms with Gasteiger partial charge in [-0.3, -0.25) is 4.79 Å². The van der Waals surface area contributed by atoms with E-state index in [-0.39, 0.29) is 0 Å². The van der Waals surface area contributed by atoms with Gasteiger partial charge in [0.05, 0.1) is 0 Å². The van der Waals surface area contributed by atoms with Gasteiger partial charge in [-0.2, -0.15) is 4.98 Å². The number of hydrogen-bond acceptors (Lipinski definition) is 5. The number of anilines is 1. The molecule has 1 heterocycles. The third-order valence-electron chi connectivity index (χ3n) is 3.63. The van der Waals surface area contributed by atoms with Gasteiger partial charge in [0.2, 0.25) is 5.95 Å². The van der Waals surface area contributed by atoms with Crippen LogP contribution in [0.4, 0.5) is 5.95 Å². The van der Waals surface area contributed by atoms with Crippen molar-refractivity contribution in [3.05, 3.63) is 65.9 Å². The molecule has 0 amide bonds. The second-order valence-corrected chi connectivity index (χ2v) is 5.84. The minimum absolute atomic E-state index is 0.521. The Labute approximate surface area is 154 Å². The molecule has 1 aromatic heterocycles. The number of nitrogens with zero attached hydrogens (tertiary/aromatic N) is 3. The van der Waals surface area contributed by atoms with Crippen molar-refractivity contribution in [1.82, 2.24) is 20.1 Å². The van der Waals surface area contributed by atoms with E-state index in [0.717, 1.165) is 24.1 Å². The van der Waals surface area contributed by atoms with Crippen LogP contribution >= 0.6 is 0 Å². The van der Waals surface area contributed by atoms with Crippen LogP contribution in [0.1, 0.15) is 13.8 Å². The maximum Gasteiger partial charge on any atom is 0.225 e. The average molecular weight is 351 g/mol. The predicted octanol–water partition coefficient (Wildman–Crippen LogP) is 3.09. The van der Waals surface area contributed by atoms with Crippen molar-refractivity contribution in [2.75, 3.05) is 18.4 Å². The lowest BCUT2D eigenvalue weighted by molar-refractivity contribution is -0.104. The summed E-state index contributed by atoms with van der Waals surface area (Å²) in [6.45, 7) is 5.29. The van der Waals surface area contributed by atoms with Crippen LogP contribution in [0.5, 0.6) is 0 Å². The van der Waals surface area contributed by atoms with E-state index in [0.29, 0.717) is 18.3 Å². The zero-order valence-corrected chi connectivity index (χ0v) is 15.4. The van der Waals surface area contributed by atoms with E-state index in [2.05, 4.69) is 33.7 Å². The molecule has 0 spiro atoms. The van der Waals surface area contributed by atoms with Crippen LogP contribution < -0.4 is 10.6 Å². The number of carbonyl (C=O) groups excluding carboxylic acids is 1. The van der Waals surface area contributed by atoms with Crippen LogP contribution in [0.2, 0.25) is 0 Å². The molecule has 6 heteroatoms. The highest BCUT2D eigenvalue weighted by Gasteiger charge is 2.10. The van der Waals surface area contributed by atoms with Gasteiger partial charge in [0.15, 0.2) is 5.82 Å². The Morgan fingerprint density at radius 1 is 1.19 bits per heavy atom. The highest BCUT2D eigenvalue weighted by atomic mass is 16.1. The fourth-order valence-corrected chi connectivity index (χ4v) is 2.29. The second-order valence-electron chi connectivity index (χ2n) is 5.84. The molecular formula is C20H25N5O. The first-order valence-corrected chi connectivity index (χ1v) is 8.51. The van der Waals surface area contributed by atoms with E-state index in [4.69, 9.17) is 0 Å². The topological polar surface area (TPSA) is 71.8 Å². The third-order valence-corrected chi connectivity index (χ3v) is 3.63. The van der Waals surface area contributed by atoms with Gasteiger partial charge >= 0.3 is 0 Å². The molecule has 0 radical (unpaired) electrons. The lowest BCUT2D eigenvalue weighted by Gasteiger charge is -2.10. The van der Waals surface area contributed by atoms with Crippen LogP contribution in [-0.2, 0) is 11.8 Å². The molecule has 0 saturated heterocycles. The fraction of sp³-hybridized carbons (Fsp3) is 0.250. The summed E-state index contributed by atoms with van der Waals surface area (Å²) in [6, 6.07) is 9.77. The smallest absolute Gasteiger partial charge is 0.225 e. The maximum absolute atomic E-state index is 10.9. The zero-order chi connectivity index (χ0) is 18.8. The Balaban J connectivity index is 2.03. The Hall–Kier alpha value is -2.99. The largest absolute Gasteiger partial charge is 0.327 e. The van der Waals surface area contributed by atoms with Crippen molar-refractivity contribution in [2.24, 2.45) is 7.05 Å². The minimum atomic E-state index is 0.521. The van der Waals surface area contributed by atoms with Crippen molar-refractivity contribution >= 4 is 12.2 Å². The van der Waals surface area contributed by atoms with Gasteiger partial charge in [-0.05, 0) is 19.9 Å². The third kappa shape index (κ3) is 5.82. The summed E-state index contributed by atoms with van der Waals surface area (Å²) in [7, 11) is 1.82. The van der Waals surface area contributed by atoms with Crippen molar-refractivity contribution in [1.29, 1.82) is 0 Å². The molecule has 0 aliphatic heterocycles. The van der Waals surface area contributed by atoms with E-state index in [1.807, 2.05) is 56.5 Å². The number of benzene rings is 1. The summed E-state index contributed by atoms with van der Waals surface area (Å²) in [5.74, 6) is 1.22. The molecule has 2 aromatic rings. The van der Waals surface area contributed by atoms with Crippen molar-refractivity contribution in [3.63, 3.8) is 0 Å². The van der Waals surface area contributed by atoms with Gasteiger partial charge in [-0.1, -0.05) is 54.1 Å². The number of nitrogens with one attached hydrogen (secondary N) is 2. The van der Waals surface area contributed by atoms with Gasteiger partial charge in [-0.25, -0.2) is 4.68 Å². The monoisotopic (exact) mass is 351 g/mol. The molecule has 1 aromatic carbocycles. The number of hydrogen-bond donors (Lipinski definition) is 2. The molecule has 2 rings (SSSR count). The van der Waals surface area contributed by atoms with E-state index < -0.39 is 0 Å². The first-order chi connectivity index (χ1) is 12.6. The Morgan fingerprint density at radius 2 is 1.96 bits per heavy atom. The maximum atomic E-state index is 10.9. The molecule has 0 aliphatic rings. The van der Waals surface area contributed by atoms with E-state index >= 15 is 0 Å².